The van der Waals surface area contributed by atoms with Gasteiger partial charge in [0, 0.05) is 5.92 Å². The monoisotopic (exact) mass is 112 g/mol. The van der Waals surface area contributed by atoms with E-state index in [1.807, 2.05) is 0 Å². The summed E-state index contributed by atoms with van der Waals surface area (Å²) in [7, 11) is 0. The van der Waals surface area contributed by atoms with Crippen LogP contribution in [0.3, 0.4) is 0 Å². The minimum atomic E-state index is 0.236. The second-order valence-corrected chi connectivity index (χ2v) is 2.52. The highest BCUT2D eigenvalue weighted by atomic mass is 16.6. The molecule has 0 aromatic rings. The summed E-state index contributed by atoms with van der Waals surface area (Å²) in [5.41, 5.74) is 0. The topological polar surface area (TPSA) is 29.6 Å². The van der Waals surface area contributed by atoms with Crippen LogP contribution >= 0.6 is 0 Å². The number of carbonyl (C=O) groups excluding carboxylic acids is 1. The predicted molar refractivity (Wildman–Crippen MR) is 27.4 cm³/mol. The molecule has 2 heteroatoms. The van der Waals surface area contributed by atoms with E-state index in [4.69, 9.17) is 4.74 Å². The largest absolute Gasteiger partial charge is 0.369 e. The lowest BCUT2D eigenvalue weighted by Gasteiger charge is -1.96. The lowest BCUT2D eigenvalue weighted by molar-refractivity contribution is -0.111. The van der Waals surface area contributed by atoms with Gasteiger partial charge in [-0.05, 0) is 12.8 Å². The van der Waals surface area contributed by atoms with Crippen molar-refractivity contribution in [2.45, 2.75) is 25.0 Å². The van der Waals surface area contributed by atoms with Crippen LogP contribution in [-0.2, 0) is 9.53 Å². The Balaban J connectivity index is 2.06. The summed E-state index contributed by atoms with van der Waals surface area (Å²) in [5, 5.41) is 0. The minimum Gasteiger partial charge on any atom is -0.369 e. The quantitative estimate of drug-likeness (QED) is 0.362. The molecule has 0 radical (unpaired) electrons. The highest BCUT2D eigenvalue weighted by Gasteiger charge is 2.49. The third-order valence-electron chi connectivity index (χ3n) is 2.00. The van der Waals surface area contributed by atoms with E-state index in [1.54, 1.807) is 0 Å². The maximum atomic E-state index is 10.2. The number of rotatable bonds is 1. The molecule has 3 unspecified atom stereocenters. The molecule has 0 spiro atoms. The van der Waals surface area contributed by atoms with E-state index >= 15 is 0 Å². The molecule has 0 aromatic heterocycles. The fourth-order valence-electron chi connectivity index (χ4n) is 1.43. The number of hydrogen-bond donors (Lipinski definition) is 0. The van der Waals surface area contributed by atoms with E-state index in [1.165, 1.54) is 0 Å². The van der Waals surface area contributed by atoms with E-state index in [9.17, 15) is 4.79 Å². The Morgan fingerprint density at radius 1 is 1.50 bits per heavy atom. The summed E-state index contributed by atoms with van der Waals surface area (Å²) in [5.74, 6) is 0.236. The first kappa shape index (κ1) is 4.50. The number of aldehydes is 1. The molecular weight excluding hydrogens is 104 g/mol. The average molecular weight is 112 g/mol. The maximum absolute atomic E-state index is 10.2. The van der Waals surface area contributed by atoms with Crippen LogP contribution < -0.4 is 0 Å². The SMILES string of the molecule is O=CC1CCC2OC12. The molecule has 0 bridgehead atoms. The number of ether oxygens (including phenoxy) is 1. The van der Waals surface area contributed by atoms with Crippen molar-refractivity contribution in [3.05, 3.63) is 0 Å². The maximum Gasteiger partial charge on any atom is 0.125 e. The fraction of sp³-hybridized carbons (Fsp3) is 0.833. The van der Waals surface area contributed by atoms with Gasteiger partial charge in [0.25, 0.3) is 0 Å². The second kappa shape index (κ2) is 1.32. The van der Waals surface area contributed by atoms with Crippen molar-refractivity contribution >= 4 is 6.29 Å². The van der Waals surface area contributed by atoms with E-state index in [2.05, 4.69) is 0 Å². The number of fused-ring (bicyclic) bond motifs is 1. The molecule has 1 saturated carbocycles. The van der Waals surface area contributed by atoms with E-state index in [-0.39, 0.29) is 5.92 Å². The first-order chi connectivity index (χ1) is 3.92. The van der Waals surface area contributed by atoms with Gasteiger partial charge in [-0.15, -0.1) is 0 Å². The third-order valence-corrected chi connectivity index (χ3v) is 2.00. The van der Waals surface area contributed by atoms with Gasteiger partial charge in [0.2, 0.25) is 0 Å². The average Bonchev–Trinajstić information content (AvgIpc) is 2.46. The van der Waals surface area contributed by atoms with Crippen LogP contribution in [0.5, 0.6) is 0 Å². The minimum absolute atomic E-state index is 0.236. The van der Waals surface area contributed by atoms with Gasteiger partial charge in [0.15, 0.2) is 0 Å². The zero-order valence-corrected chi connectivity index (χ0v) is 4.54. The molecule has 2 rings (SSSR count). The van der Waals surface area contributed by atoms with Gasteiger partial charge in [-0.3, -0.25) is 0 Å². The molecule has 8 heavy (non-hydrogen) atoms. The molecule has 2 nitrogen and oxygen atoms in total. The van der Waals surface area contributed by atoms with Gasteiger partial charge in [0.1, 0.15) is 6.29 Å². The molecule has 44 valence electrons. The van der Waals surface area contributed by atoms with Gasteiger partial charge in [-0.1, -0.05) is 0 Å². The van der Waals surface area contributed by atoms with Crippen LogP contribution in [0.2, 0.25) is 0 Å². The van der Waals surface area contributed by atoms with Gasteiger partial charge >= 0.3 is 0 Å². The number of hydrogen-bond acceptors (Lipinski definition) is 2. The number of epoxide rings is 1. The first-order valence-electron chi connectivity index (χ1n) is 3.02. The first-order valence-corrected chi connectivity index (χ1v) is 3.02. The Morgan fingerprint density at radius 2 is 2.38 bits per heavy atom. The van der Waals surface area contributed by atoms with Crippen molar-refractivity contribution in [3.8, 4) is 0 Å². The van der Waals surface area contributed by atoms with E-state index in [0.717, 1.165) is 19.1 Å². The Bertz CT molecular complexity index is 122. The zero-order chi connectivity index (χ0) is 5.56. The van der Waals surface area contributed by atoms with Crippen LogP contribution in [0.1, 0.15) is 12.8 Å². The number of carbonyl (C=O) groups is 1. The summed E-state index contributed by atoms with van der Waals surface area (Å²) in [6, 6.07) is 0. The van der Waals surface area contributed by atoms with Gasteiger partial charge in [-0.2, -0.15) is 0 Å². The highest BCUT2D eigenvalue weighted by Crippen LogP contribution is 2.41. The van der Waals surface area contributed by atoms with E-state index in [0.29, 0.717) is 12.2 Å². The molecule has 2 fully saturated rings. The van der Waals surface area contributed by atoms with Gasteiger partial charge in [0.05, 0.1) is 12.2 Å². The summed E-state index contributed by atoms with van der Waals surface area (Å²) < 4.78 is 5.13. The molecule has 2 aliphatic rings. The molecule has 1 aliphatic carbocycles. The molecule has 3 atom stereocenters. The standard InChI is InChI=1S/C6H8O2/c7-3-4-1-2-5-6(4)8-5/h3-6H,1-2H2. The molecule has 0 aromatic carbocycles. The molecule has 1 saturated heterocycles. The molecular formula is C6H8O2. The summed E-state index contributed by atoms with van der Waals surface area (Å²) in [4.78, 5) is 10.2. The van der Waals surface area contributed by atoms with Crippen LogP contribution in [-0.4, -0.2) is 18.5 Å². The summed E-state index contributed by atoms with van der Waals surface area (Å²) in [6.07, 6.45) is 3.97. The van der Waals surface area contributed by atoms with Crippen molar-refractivity contribution in [3.63, 3.8) is 0 Å². The van der Waals surface area contributed by atoms with E-state index < -0.39 is 0 Å². The van der Waals surface area contributed by atoms with Crippen LogP contribution in [0, 0.1) is 5.92 Å². The third kappa shape index (κ3) is 0.436. The summed E-state index contributed by atoms with van der Waals surface area (Å²) in [6.45, 7) is 0. The van der Waals surface area contributed by atoms with Crippen molar-refractivity contribution in [2.24, 2.45) is 5.92 Å². The van der Waals surface area contributed by atoms with Crippen molar-refractivity contribution in [1.82, 2.24) is 0 Å². The van der Waals surface area contributed by atoms with Gasteiger partial charge in [-0.25, -0.2) is 0 Å². The fourth-order valence-corrected chi connectivity index (χ4v) is 1.43. The second-order valence-electron chi connectivity index (χ2n) is 2.52. The smallest absolute Gasteiger partial charge is 0.125 e. The van der Waals surface area contributed by atoms with Crippen LogP contribution in [0.15, 0.2) is 0 Å². The van der Waals surface area contributed by atoms with Gasteiger partial charge < -0.3 is 9.53 Å². The van der Waals surface area contributed by atoms with Crippen LogP contribution in [0.25, 0.3) is 0 Å². The Hall–Kier alpha value is -0.370. The van der Waals surface area contributed by atoms with Crippen molar-refractivity contribution in [1.29, 1.82) is 0 Å². The Labute approximate surface area is 47.8 Å². The van der Waals surface area contributed by atoms with Crippen LogP contribution in [0.4, 0.5) is 0 Å². The molecule has 1 heterocycles. The lowest BCUT2D eigenvalue weighted by atomic mass is 10.1. The molecule has 0 N–H and O–H groups in total. The predicted octanol–water partition coefficient (Wildman–Crippen LogP) is 0.363. The molecule has 1 aliphatic heterocycles. The lowest BCUT2D eigenvalue weighted by Crippen LogP contribution is -2.03. The van der Waals surface area contributed by atoms with Crippen molar-refractivity contribution < 1.29 is 9.53 Å². The Morgan fingerprint density at radius 3 is 2.62 bits per heavy atom. The van der Waals surface area contributed by atoms with Crippen molar-refractivity contribution in [2.75, 3.05) is 0 Å². The normalized spacial score (nSPS) is 50.8. The summed E-state index contributed by atoms with van der Waals surface area (Å²) >= 11 is 0. The molecule has 0 amide bonds. The Kier molecular flexibility index (Phi) is 0.742. The zero-order valence-electron chi connectivity index (χ0n) is 4.54. The highest BCUT2D eigenvalue weighted by molar-refractivity contribution is 5.56.